The molecular weight excluding hydrogens is 316 g/mol. The molecule has 1 rings (SSSR count). The van der Waals surface area contributed by atoms with Crippen LogP contribution in [0, 0.1) is 0 Å². The largest absolute Gasteiger partial charge is 0.395 e. The van der Waals surface area contributed by atoms with Gasteiger partial charge >= 0.3 is 0 Å². The molecule has 0 saturated carbocycles. The summed E-state index contributed by atoms with van der Waals surface area (Å²) in [5, 5.41) is 25.0. The first kappa shape index (κ1) is 19.6. The van der Waals surface area contributed by atoms with Crippen LogP contribution in [0.2, 0.25) is 0 Å². The Morgan fingerprint density at radius 2 is 1.08 bits per heavy atom. The number of amides is 3. The monoisotopic (exact) mass is 338 g/mol. The van der Waals surface area contributed by atoms with Gasteiger partial charge in [0.25, 0.3) is 17.7 Å². The molecule has 24 heavy (non-hydrogen) atoms. The normalized spacial score (nSPS) is 10.1. The molecule has 0 saturated heterocycles. The number of nitrogens with one attached hydrogen (secondary N) is 3. The van der Waals surface area contributed by atoms with E-state index in [1.807, 2.05) is 0 Å². The van der Waals surface area contributed by atoms with Gasteiger partial charge in [-0.15, -0.1) is 0 Å². The molecule has 0 fully saturated rings. The molecule has 7 N–H and O–H groups in total. The van der Waals surface area contributed by atoms with Crippen LogP contribution in [0.25, 0.3) is 0 Å². The number of aliphatic hydroxyl groups excluding tert-OH is 2. The summed E-state index contributed by atoms with van der Waals surface area (Å²) in [4.78, 5) is 36.1. The number of carbonyl (C=O) groups is 3. The van der Waals surface area contributed by atoms with Gasteiger partial charge in [0.1, 0.15) is 0 Å². The first-order valence-corrected chi connectivity index (χ1v) is 7.45. The molecule has 0 unspecified atom stereocenters. The highest BCUT2D eigenvalue weighted by atomic mass is 16.3. The summed E-state index contributed by atoms with van der Waals surface area (Å²) in [6.07, 6.45) is 0. The van der Waals surface area contributed by atoms with E-state index in [4.69, 9.17) is 15.9 Å². The molecule has 132 valence electrons. The molecule has 0 bridgehead atoms. The number of carbonyl (C=O) groups excluding carboxylic acids is 3. The average Bonchev–Trinajstić information content (AvgIpc) is 2.61. The molecule has 0 aliphatic heterocycles. The van der Waals surface area contributed by atoms with Crippen molar-refractivity contribution in [3.05, 3.63) is 34.9 Å². The van der Waals surface area contributed by atoms with Crippen LogP contribution in [-0.4, -0.2) is 67.3 Å². The Balaban J connectivity index is 3.11. The zero-order chi connectivity index (χ0) is 17.9. The lowest BCUT2D eigenvalue weighted by Gasteiger charge is -2.10. The van der Waals surface area contributed by atoms with E-state index in [1.165, 1.54) is 18.2 Å². The predicted molar refractivity (Wildman–Crippen MR) is 86.7 cm³/mol. The highest BCUT2D eigenvalue weighted by Crippen LogP contribution is 2.11. The van der Waals surface area contributed by atoms with Crippen molar-refractivity contribution >= 4 is 17.7 Å². The van der Waals surface area contributed by atoms with Crippen molar-refractivity contribution in [3.63, 3.8) is 0 Å². The number of hydrogen-bond donors (Lipinski definition) is 6. The third-order valence-corrected chi connectivity index (χ3v) is 2.94. The van der Waals surface area contributed by atoms with E-state index in [0.29, 0.717) is 0 Å². The second-order valence-corrected chi connectivity index (χ2v) is 4.80. The Kier molecular flexibility index (Phi) is 8.41. The van der Waals surface area contributed by atoms with Gasteiger partial charge in [-0.3, -0.25) is 14.4 Å². The van der Waals surface area contributed by atoms with E-state index in [0.717, 1.165) is 0 Å². The summed E-state index contributed by atoms with van der Waals surface area (Å²) >= 11 is 0. The standard InChI is InChI=1S/C15H22N4O5/c16-1-2-17-13(22)10-7-11(14(23)18-3-5-20)9-12(8-10)15(24)19-4-6-21/h7-9,20-21H,1-6,16H2,(H,17,22)(H,18,23)(H,19,24). The van der Waals surface area contributed by atoms with Crippen LogP contribution in [0.4, 0.5) is 0 Å². The van der Waals surface area contributed by atoms with Crippen LogP contribution < -0.4 is 21.7 Å². The van der Waals surface area contributed by atoms with Crippen LogP contribution in [0.15, 0.2) is 18.2 Å². The van der Waals surface area contributed by atoms with Crippen molar-refractivity contribution in [2.24, 2.45) is 5.73 Å². The lowest BCUT2D eigenvalue weighted by molar-refractivity contribution is 0.0944. The van der Waals surface area contributed by atoms with Crippen molar-refractivity contribution in [2.45, 2.75) is 0 Å². The molecule has 0 radical (unpaired) electrons. The van der Waals surface area contributed by atoms with Gasteiger partial charge in [0, 0.05) is 42.9 Å². The second kappa shape index (κ2) is 10.3. The van der Waals surface area contributed by atoms with E-state index in [1.54, 1.807) is 0 Å². The molecule has 0 spiro atoms. The third kappa shape index (κ3) is 5.95. The van der Waals surface area contributed by atoms with Crippen molar-refractivity contribution < 1.29 is 24.6 Å². The first-order valence-electron chi connectivity index (χ1n) is 7.45. The van der Waals surface area contributed by atoms with Crippen molar-refractivity contribution in [2.75, 3.05) is 39.4 Å². The van der Waals surface area contributed by atoms with Crippen LogP contribution in [0.5, 0.6) is 0 Å². The molecule has 1 aromatic carbocycles. The summed E-state index contributed by atoms with van der Waals surface area (Å²) in [5.74, 6) is -1.50. The van der Waals surface area contributed by atoms with E-state index < -0.39 is 17.7 Å². The van der Waals surface area contributed by atoms with Gasteiger partial charge in [-0.25, -0.2) is 0 Å². The van der Waals surface area contributed by atoms with Gasteiger partial charge < -0.3 is 31.9 Å². The summed E-state index contributed by atoms with van der Waals surface area (Å²) in [5.41, 5.74) is 5.68. The molecule has 0 aliphatic carbocycles. The Morgan fingerprint density at radius 1 is 0.750 bits per heavy atom. The lowest BCUT2D eigenvalue weighted by atomic mass is 10.0. The maximum atomic E-state index is 12.1. The quantitative estimate of drug-likeness (QED) is 0.301. The predicted octanol–water partition coefficient (Wildman–Crippen LogP) is -2.18. The molecule has 0 heterocycles. The van der Waals surface area contributed by atoms with Gasteiger partial charge in [0.2, 0.25) is 0 Å². The van der Waals surface area contributed by atoms with Crippen molar-refractivity contribution in [1.82, 2.24) is 16.0 Å². The number of nitrogens with two attached hydrogens (primary N) is 1. The molecule has 0 atom stereocenters. The topological polar surface area (TPSA) is 154 Å². The number of hydrogen-bond acceptors (Lipinski definition) is 6. The summed E-state index contributed by atoms with van der Waals surface area (Å²) in [7, 11) is 0. The van der Waals surface area contributed by atoms with Crippen LogP contribution in [0.1, 0.15) is 31.1 Å². The van der Waals surface area contributed by atoms with E-state index in [2.05, 4.69) is 16.0 Å². The maximum absolute atomic E-state index is 12.1. The Morgan fingerprint density at radius 3 is 1.38 bits per heavy atom. The summed E-state index contributed by atoms with van der Waals surface area (Å²) in [6.45, 7) is 0.152. The highest BCUT2D eigenvalue weighted by molar-refractivity contribution is 6.04. The smallest absolute Gasteiger partial charge is 0.251 e. The Labute approximate surface area is 139 Å². The number of aliphatic hydroxyl groups is 2. The molecular formula is C15H22N4O5. The number of rotatable bonds is 9. The fourth-order valence-corrected chi connectivity index (χ4v) is 1.85. The van der Waals surface area contributed by atoms with Gasteiger partial charge in [0.05, 0.1) is 13.2 Å². The maximum Gasteiger partial charge on any atom is 0.251 e. The molecule has 0 aromatic heterocycles. The number of benzene rings is 1. The van der Waals surface area contributed by atoms with Gasteiger partial charge in [0.15, 0.2) is 0 Å². The van der Waals surface area contributed by atoms with E-state index >= 15 is 0 Å². The highest BCUT2D eigenvalue weighted by Gasteiger charge is 2.16. The Bertz CT molecular complexity index is 498. The minimum absolute atomic E-state index is 0.0501. The molecule has 1 aromatic rings. The van der Waals surface area contributed by atoms with Gasteiger partial charge in [-0.2, -0.15) is 0 Å². The zero-order valence-electron chi connectivity index (χ0n) is 13.2. The van der Waals surface area contributed by atoms with E-state index in [9.17, 15) is 14.4 Å². The van der Waals surface area contributed by atoms with E-state index in [-0.39, 0.29) is 56.1 Å². The van der Waals surface area contributed by atoms with Gasteiger partial charge in [-0.1, -0.05) is 0 Å². The summed E-state index contributed by atoms with van der Waals surface area (Å²) in [6, 6.07) is 4.03. The SMILES string of the molecule is NCCNC(=O)c1cc(C(=O)NCCO)cc(C(=O)NCCO)c1. The van der Waals surface area contributed by atoms with Crippen molar-refractivity contribution in [1.29, 1.82) is 0 Å². The molecule has 0 aliphatic rings. The minimum Gasteiger partial charge on any atom is -0.395 e. The minimum atomic E-state index is -0.520. The average molecular weight is 338 g/mol. The third-order valence-electron chi connectivity index (χ3n) is 2.94. The van der Waals surface area contributed by atoms with Crippen LogP contribution >= 0.6 is 0 Å². The first-order chi connectivity index (χ1) is 11.5. The lowest BCUT2D eigenvalue weighted by Crippen LogP contribution is -2.31. The molecule has 9 heteroatoms. The van der Waals surface area contributed by atoms with Crippen LogP contribution in [-0.2, 0) is 0 Å². The second-order valence-electron chi connectivity index (χ2n) is 4.80. The summed E-state index contributed by atoms with van der Waals surface area (Å²) < 4.78 is 0. The Hall–Kier alpha value is -2.49. The molecule has 3 amide bonds. The fourth-order valence-electron chi connectivity index (χ4n) is 1.85. The zero-order valence-corrected chi connectivity index (χ0v) is 13.2. The fraction of sp³-hybridized carbons (Fsp3) is 0.400. The van der Waals surface area contributed by atoms with Crippen LogP contribution in [0.3, 0.4) is 0 Å². The molecule has 9 nitrogen and oxygen atoms in total. The van der Waals surface area contributed by atoms with Gasteiger partial charge in [-0.05, 0) is 18.2 Å². The van der Waals surface area contributed by atoms with Crippen molar-refractivity contribution in [3.8, 4) is 0 Å².